The number of nitrogens with one attached hydrogen (secondary N) is 1. The van der Waals surface area contributed by atoms with Crippen LogP contribution in [0.3, 0.4) is 0 Å². The number of hydrogen-bond acceptors (Lipinski definition) is 12. The molecule has 1 saturated heterocycles. The third-order valence-electron chi connectivity index (χ3n) is 7.44. The number of carbonyl (C=O) groups excluding carboxylic acids is 3. The van der Waals surface area contributed by atoms with Crippen LogP contribution in [0, 0.1) is 11.3 Å². The second-order valence-corrected chi connectivity index (χ2v) is 15.0. The first-order valence-electron chi connectivity index (χ1n) is 16.0. The van der Waals surface area contributed by atoms with E-state index in [9.17, 15) is 32.6 Å². The minimum atomic E-state index is -3.31. The summed E-state index contributed by atoms with van der Waals surface area (Å²) in [4.78, 5) is 50.6. The fraction of sp³-hybridized carbons (Fsp3) is 0.441. The lowest BCUT2D eigenvalue weighted by molar-refractivity contribution is -0.165. The maximum atomic E-state index is 14.7. The molecule has 51 heavy (non-hydrogen) atoms. The molecule has 0 bridgehead atoms. The molecule has 1 fully saturated rings. The van der Waals surface area contributed by atoms with Gasteiger partial charge in [0.15, 0.2) is 11.9 Å². The number of amides is 2. The Balaban J connectivity index is 1.45. The van der Waals surface area contributed by atoms with Crippen molar-refractivity contribution in [1.29, 1.82) is 5.26 Å². The molecule has 0 saturated carbocycles. The molecule has 2 heterocycles. The smallest absolute Gasteiger partial charge is 0.443 e. The second-order valence-electron chi connectivity index (χ2n) is 12.8. The van der Waals surface area contributed by atoms with E-state index >= 15 is 0 Å². The molecule has 2 unspecified atom stereocenters. The number of hydrogen-bond donors (Lipinski definition) is 1. The van der Waals surface area contributed by atoms with E-state index in [0.717, 1.165) is 4.90 Å². The largest absolute Gasteiger partial charge is 0.483 e. The monoisotopic (exact) mass is 727 g/mol. The standard InChI is InChI=1S/C34H39F2N7O7S/c1-7-8-27(30(45)50-33(3,4)5)49-32(46)42-51(6,47)25-12-10-24(11-13-25)40-31-39-20-38-29(41-31)22-9-14-26(23(17-22)18-37)48-28-15-16-43(21(2)44)19-34(28,35)36/h9-14,17,20,27-28H,7-8,15-16,19H2,1-6H3,(H,38,39,40,41)/t27?,28-,51?/m0/s1. The molecule has 17 heteroatoms. The lowest BCUT2D eigenvalue weighted by Gasteiger charge is -2.37. The first-order valence-corrected chi connectivity index (χ1v) is 17.9. The number of anilines is 2. The van der Waals surface area contributed by atoms with Gasteiger partial charge in [-0.2, -0.15) is 10.2 Å². The maximum absolute atomic E-state index is 14.7. The molecule has 1 aromatic heterocycles. The molecule has 1 aliphatic heterocycles. The molecule has 0 radical (unpaired) electrons. The van der Waals surface area contributed by atoms with Gasteiger partial charge in [-0.15, -0.1) is 4.36 Å². The first kappa shape index (κ1) is 38.6. The molecule has 0 aliphatic carbocycles. The summed E-state index contributed by atoms with van der Waals surface area (Å²) in [5, 5.41) is 12.7. The summed E-state index contributed by atoms with van der Waals surface area (Å²) in [5.41, 5.74) is 0.0871. The van der Waals surface area contributed by atoms with Gasteiger partial charge in [0.05, 0.1) is 21.8 Å². The molecule has 3 atom stereocenters. The quantitative estimate of drug-likeness (QED) is 0.244. The van der Waals surface area contributed by atoms with E-state index in [1.165, 1.54) is 49.8 Å². The fourth-order valence-corrected chi connectivity index (χ4v) is 6.03. The SMILES string of the molecule is CCCC(OC(=O)N=S(C)(=O)c1ccc(Nc2ncnc(-c3ccc(O[C@H]4CCN(C(C)=O)CC4(F)F)c(C#N)c3)n2)cc1)C(=O)OC(C)(C)C. The zero-order valence-electron chi connectivity index (χ0n) is 29.0. The molecule has 1 N–H and O–H groups in total. The van der Waals surface area contributed by atoms with E-state index in [1.807, 2.05) is 13.0 Å². The Morgan fingerprint density at radius 2 is 1.88 bits per heavy atom. The molecule has 2 aromatic carbocycles. The van der Waals surface area contributed by atoms with Crippen LogP contribution in [-0.4, -0.2) is 85.1 Å². The number of esters is 1. The van der Waals surface area contributed by atoms with Crippen LogP contribution >= 0.6 is 0 Å². The summed E-state index contributed by atoms with van der Waals surface area (Å²) in [5.74, 6) is -4.21. The van der Waals surface area contributed by atoms with Crippen LogP contribution in [0.5, 0.6) is 5.75 Å². The Labute approximate surface area is 294 Å². The lowest BCUT2D eigenvalue weighted by atomic mass is 10.0. The maximum Gasteiger partial charge on any atom is 0.443 e. The number of halogens is 2. The molecule has 3 aromatic rings. The van der Waals surface area contributed by atoms with Crippen molar-refractivity contribution in [3.63, 3.8) is 0 Å². The number of nitriles is 1. The number of likely N-dealkylation sites (tertiary alicyclic amines) is 1. The van der Waals surface area contributed by atoms with Crippen molar-refractivity contribution in [2.45, 2.75) is 82.5 Å². The number of carbonyl (C=O) groups is 3. The van der Waals surface area contributed by atoms with Crippen molar-refractivity contribution in [3.05, 3.63) is 54.4 Å². The van der Waals surface area contributed by atoms with E-state index in [4.69, 9.17) is 14.2 Å². The molecule has 4 rings (SSSR count). The molecule has 1 aliphatic rings. The Morgan fingerprint density at radius 1 is 1.18 bits per heavy atom. The number of aromatic nitrogens is 3. The van der Waals surface area contributed by atoms with Gasteiger partial charge in [-0.25, -0.2) is 32.5 Å². The van der Waals surface area contributed by atoms with E-state index < -0.39 is 58.0 Å². The molecular weight excluding hydrogens is 688 g/mol. The predicted octanol–water partition coefficient (Wildman–Crippen LogP) is 5.89. The summed E-state index contributed by atoms with van der Waals surface area (Å²) in [6.07, 6.45) is -0.705. The van der Waals surface area contributed by atoms with E-state index in [-0.39, 0.29) is 47.4 Å². The van der Waals surface area contributed by atoms with Crippen LogP contribution in [0.15, 0.2) is 58.1 Å². The Kier molecular flexibility index (Phi) is 11.9. The fourth-order valence-electron chi connectivity index (χ4n) is 4.95. The normalized spacial score (nSPS) is 17.2. The molecule has 272 valence electrons. The topological polar surface area (TPSA) is 186 Å². The number of rotatable bonds is 10. The average Bonchev–Trinajstić information content (AvgIpc) is 3.04. The van der Waals surface area contributed by atoms with Gasteiger partial charge in [0.25, 0.3) is 0 Å². The van der Waals surface area contributed by atoms with Gasteiger partial charge in [-0.3, -0.25) is 4.79 Å². The molecule has 0 spiro atoms. The highest BCUT2D eigenvalue weighted by Crippen LogP contribution is 2.33. The van der Waals surface area contributed by atoms with Crippen molar-refractivity contribution in [2.75, 3.05) is 24.7 Å². The third kappa shape index (κ3) is 10.4. The predicted molar refractivity (Wildman–Crippen MR) is 182 cm³/mol. The summed E-state index contributed by atoms with van der Waals surface area (Å²) < 4.78 is 62.7. The van der Waals surface area contributed by atoms with Crippen LogP contribution in [0.1, 0.15) is 59.4 Å². The summed E-state index contributed by atoms with van der Waals surface area (Å²) in [6, 6.07) is 12.4. The van der Waals surface area contributed by atoms with Gasteiger partial charge in [-0.05, 0) is 69.7 Å². The highest BCUT2D eigenvalue weighted by atomic mass is 32.2. The van der Waals surface area contributed by atoms with Crippen molar-refractivity contribution in [1.82, 2.24) is 19.9 Å². The summed E-state index contributed by atoms with van der Waals surface area (Å²) in [6.45, 7) is 7.46. The van der Waals surface area contributed by atoms with Gasteiger partial charge in [-0.1, -0.05) is 13.3 Å². The van der Waals surface area contributed by atoms with Crippen molar-refractivity contribution >= 4 is 39.3 Å². The van der Waals surface area contributed by atoms with Crippen LogP contribution < -0.4 is 10.1 Å². The van der Waals surface area contributed by atoms with Crippen molar-refractivity contribution in [3.8, 4) is 23.2 Å². The van der Waals surface area contributed by atoms with Crippen molar-refractivity contribution in [2.24, 2.45) is 4.36 Å². The van der Waals surface area contributed by atoms with Crippen LogP contribution in [0.2, 0.25) is 0 Å². The van der Waals surface area contributed by atoms with Crippen LogP contribution in [0.4, 0.5) is 25.2 Å². The highest BCUT2D eigenvalue weighted by Gasteiger charge is 2.47. The zero-order valence-corrected chi connectivity index (χ0v) is 29.8. The van der Waals surface area contributed by atoms with Crippen LogP contribution in [0.25, 0.3) is 11.4 Å². The average molecular weight is 728 g/mol. The summed E-state index contributed by atoms with van der Waals surface area (Å²) >= 11 is 0. The third-order valence-corrected chi connectivity index (χ3v) is 9.08. The minimum absolute atomic E-state index is 0.00834. The van der Waals surface area contributed by atoms with E-state index in [1.54, 1.807) is 32.9 Å². The highest BCUT2D eigenvalue weighted by molar-refractivity contribution is 7.93. The number of nitrogens with zero attached hydrogens (tertiary/aromatic N) is 6. The number of ether oxygens (including phenoxy) is 3. The second kappa shape index (κ2) is 15.8. The number of alkyl halides is 2. The van der Waals surface area contributed by atoms with Gasteiger partial charge < -0.3 is 24.4 Å². The van der Waals surface area contributed by atoms with Gasteiger partial charge in [0.2, 0.25) is 18.0 Å². The number of piperidine rings is 1. The lowest BCUT2D eigenvalue weighted by Crippen LogP contribution is -2.54. The molecule has 14 nitrogen and oxygen atoms in total. The minimum Gasteiger partial charge on any atom is -0.483 e. The van der Waals surface area contributed by atoms with Gasteiger partial charge in [0, 0.05) is 42.3 Å². The zero-order chi connectivity index (χ0) is 37.6. The van der Waals surface area contributed by atoms with Crippen molar-refractivity contribution < 1.29 is 41.6 Å². The molecular formula is C34H39F2N7O7S. The van der Waals surface area contributed by atoms with E-state index in [2.05, 4.69) is 24.6 Å². The Hall–Kier alpha value is -5.24. The first-order chi connectivity index (χ1) is 23.9. The number of benzene rings is 2. The molecule has 2 amide bonds. The Bertz CT molecular complexity index is 1940. The Morgan fingerprint density at radius 3 is 2.49 bits per heavy atom. The van der Waals surface area contributed by atoms with Gasteiger partial charge >= 0.3 is 18.0 Å². The summed E-state index contributed by atoms with van der Waals surface area (Å²) in [7, 11) is -3.26. The van der Waals surface area contributed by atoms with Gasteiger partial charge in [0.1, 0.15) is 23.7 Å². The van der Waals surface area contributed by atoms with Crippen LogP contribution in [-0.2, 0) is 28.8 Å². The van der Waals surface area contributed by atoms with E-state index in [0.29, 0.717) is 17.7 Å².